The second-order valence-corrected chi connectivity index (χ2v) is 4.75. The predicted molar refractivity (Wildman–Crippen MR) is 72.4 cm³/mol. The highest BCUT2D eigenvalue weighted by molar-refractivity contribution is 5.72. The molecule has 0 saturated carbocycles. The number of esters is 1. The molecule has 0 aliphatic carbocycles. The van der Waals surface area contributed by atoms with E-state index in [9.17, 15) is 13.6 Å². The Balaban J connectivity index is 1.88. The maximum atomic E-state index is 12.0. The van der Waals surface area contributed by atoms with Gasteiger partial charge in [0.05, 0.1) is 24.4 Å². The van der Waals surface area contributed by atoms with Crippen LogP contribution in [0.1, 0.15) is 19.8 Å². The lowest BCUT2D eigenvalue weighted by Crippen LogP contribution is -2.37. The zero-order valence-corrected chi connectivity index (χ0v) is 11.8. The smallest absolute Gasteiger partial charge is 0.388 e. The van der Waals surface area contributed by atoms with Gasteiger partial charge in [0.2, 0.25) is 5.88 Å². The van der Waals surface area contributed by atoms with Crippen LogP contribution in [0, 0.1) is 5.92 Å². The number of alkyl halides is 2. The molecule has 1 aromatic rings. The number of nitrogens with zero attached hydrogens (tertiary/aromatic N) is 2. The van der Waals surface area contributed by atoms with E-state index in [1.54, 1.807) is 13.0 Å². The molecule has 0 unspecified atom stereocenters. The van der Waals surface area contributed by atoms with Crippen molar-refractivity contribution in [2.75, 3.05) is 24.6 Å². The van der Waals surface area contributed by atoms with Crippen molar-refractivity contribution in [2.24, 2.45) is 5.92 Å². The van der Waals surface area contributed by atoms with Gasteiger partial charge in [-0.25, -0.2) is 4.98 Å². The Morgan fingerprint density at radius 2 is 2.14 bits per heavy atom. The highest BCUT2D eigenvalue weighted by Gasteiger charge is 2.26. The molecule has 2 heterocycles. The van der Waals surface area contributed by atoms with Gasteiger partial charge in [0.25, 0.3) is 0 Å². The molecule has 1 aliphatic heterocycles. The van der Waals surface area contributed by atoms with Crippen molar-refractivity contribution in [3.63, 3.8) is 0 Å². The van der Waals surface area contributed by atoms with Gasteiger partial charge in [0.15, 0.2) is 0 Å². The van der Waals surface area contributed by atoms with Crippen molar-refractivity contribution in [2.45, 2.75) is 26.4 Å². The quantitative estimate of drug-likeness (QED) is 0.782. The molecule has 1 aromatic heterocycles. The lowest BCUT2D eigenvalue weighted by atomic mass is 9.97. The van der Waals surface area contributed by atoms with Crippen molar-refractivity contribution < 1.29 is 23.0 Å². The van der Waals surface area contributed by atoms with Gasteiger partial charge >= 0.3 is 12.6 Å². The first-order valence-corrected chi connectivity index (χ1v) is 6.92. The minimum absolute atomic E-state index is 0.0596. The minimum Gasteiger partial charge on any atom is -0.466 e. The minimum atomic E-state index is -2.87. The molecule has 0 bridgehead atoms. The summed E-state index contributed by atoms with van der Waals surface area (Å²) in [6.45, 7) is 0.736. The van der Waals surface area contributed by atoms with Gasteiger partial charge < -0.3 is 14.4 Å². The molecule has 21 heavy (non-hydrogen) atoms. The molecule has 1 aliphatic rings. The normalized spacial score (nSPS) is 16.1. The van der Waals surface area contributed by atoms with E-state index in [0.29, 0.717) is 32.5 Å². The van der Waals surface area contributed by atoms with Crippen molar-refractivity contribution in [3.8, 4) is 5.88 Å². The van der Waals surface area contributed by atoms with Gasteiger partial charge in [-0.3, -0.25) is 4.79 Å². The molecule has 5 nitrogen and oxygen atoms in total. The molecule has 0 radical (unpaired) electrons. The number of halogens is 2. The van der Waals surface area contributed by atoms with Crippen LogP contribution in [0.2, 0.25) is 0 Å². The van der Waals surface area contributed by atoms with Crippen LogP contribution in [-0.4, -0.2) is 37.3 Å². The van der Waals surface area contributed by atoms with Gasteiger partial charge in [-0.15, -0.1) is 0 Å². The largest absolute Gasteiger partial charge is 0.466 e. The van der Waals surface area contributed by atoms with Crippen molar-refractivity contribution in [1.29, 1.82) is 0 Å². The molecule has 0 atom stereocenters. The third-order valence-corrected chi connectivity index (χ3v) is 3.41. The Hall–Kier alpha value is -1.92. The Morgan fingerprint density at radius 3 is 2.67 bits per heavy atom. The van der Waals surface area contributed by atoms with Crippen LogP contribution in [0.3, 0.4) is 0 Å². The fraction of sp³-hybridized carbons (Fsp3) is 0.571. The van der Waals surface area contributed by atoms with Crippen LogP contribution in [0.25, 0.3) is 0 Å². The monoisotopic (exact) mass is 300 g/mol. The Kier molecular flexibility index (Phi) is 5.30. The number of anilines is 1. The summed E-state index contributed by atoms with van der Waals surface area (Å²) in [5, 5.41) is 0. The number of carbonyl (C=O) groups excluding carboxylic acids is 1. The molecular weight excluding hydrogens is 282 g/mol. The van der Waals surface area contributed by atoms with Crippen molar-refractivity contribution >= 4 is 11.7 Å². The van der Waals surface area contributed by atoms with E-state index in [2.05, 4.69) is 14.6 Å². The van der Waals surface area contributed by atoms with Crippen molar-refractivity contribution in [3.05, 3.63) is 18.3 Å². The molecule has 0 N–H and O–H groups in total. The lowest BCUT2D eigenvalue weighted by Gasteiger charge is -2.32. The summed E-state index contributed by atoms with van der Waals surface area (Å²) in [5.74, 6) is -0.304. The molecule has 1 fully saturated rings. The van der Waals surface area contributed by atoms with Gasteiger partial charge in [0.1, 0.15) is 0 Å². The maximum absolute atomic E-state index is 12.0. The molecule has 0 aromatic carbocycles. The summed E-state index contributed by atoms with van der Waals surface area (Å²) in [6, 6.07) is 3.11. The summed E-state index contributed by atoms with van der Waals surface area (Å²) in [7, 11) is 0. The third kappa shape index (κ3) is 4.27. The Labute approximate surface area is 121 Å². The summed E-state index contributed by atoms with van der Waals surface area (Å²) in [4.78, 5) is 17.6. The average molecular weight is 300 g/mol. The van der Waals surface area contributed by atoms with E-state index in [-0.39, 0.29) is 17.8 Å². The van der Waals surface area contributed by atoms with Gasteiger partial charge in [-0.1, -0.05) is 0 Å². The second kappa shape index (κ2) is 7.19. The van der Waals surface area contributed by atoms with Crippen LogP contribution in [0.5, 0.6) is 5.88 Å². The van der Waals surface area contributed by atoms with E-state index in [4.69, 9.17) is 4.74 Å². The summed E-state index contributed by atoms with van der Waals surface area (Å²) >= 11 is 0. The fourth-order valence-electron chi connectivity index (χ4n) is 2.35. The summed E-state index contributed by atoms with van der Waals surface area (Å²) < 4.78 is 33.3. The summed E-state index contributed by atoms with van der Waals surface area (Å²) in [6.07, 6.45) is 2.94. The number of carbonyl (C=O) groups is 1. The maximum Gasteiger partial charge on any atom is 0.388 e. The third-order valence-electron chi connectivity index (χ3n) is 3.41. The molecule has 116 valence electrons. The zero-order valence-electron chi connectivity index (χ0n) is 11.8. The fourth-order valence-corrected chi connectivity index (χ4v) is 2.35. The Morgan fingerprint density at radius 1 is 1.43 bits per heavy atom. The second-order valence-electron chi connectivity index (χ2n) is 4.75. The zero-order chi connectivity index (χ0) is 15.2. The molecule has 7 heteroatoms. The number of hydrogen-bond donors (Lipinski definition) is 0. The first-order chi connectivity index (χ1) is 10.1. The average Bonchev–Trinajstić information content (AvgIpc) is 2.48. The first-order valence-electron chi connectivity index (χ1n) is 6.92. The van der Waals surface area contributed by atoms with E-state index < -0.39 is 6.61 Å². The molecule has 1 saturated heterocycles. The highest BCUT2D eigenvalue weighted by atomic mass is 19.3. The predicted octanol–water partition coefficient (Wildman–Crippen LogP) is 2.46. The summed E-state index contributed by atoms with van der Waals surface area (Å²) in [5.41, 5.74) is 0.832. The van der Waals surface area contributed by atoms with Gasteiger partial charge in [-0.05, 0) is 25.8 Å². The van der Waals surface area contributed by atoms with Crippen LogP contribution >= 0.6 is 0 Å². The van der Waals surface area contributed by atoms with E-state index in [1.807, 2.05) is 0 Å². The molecule has 0 spiro atoms. The number of pyridine rings is 1. The van der Waals surface area contributed by atoms with Gasteiger partial charge in [-0.2, -0.15) is 8.78 Å². The number of hydrogen-bond acceptors (Lipinski definition) is 5. The Bertz CT molecular complexity index is 460. The SMILES string of the molecule is CCOC(=O)C1CCN(c2ccc(OC(F)F)nc2)CC1. The lowest BCUT2D eigenvalue weighted by molar-refractivity contribution is -0.148. The van der Waals surface area contributed by atoms with E-state index in [0.717, 1.165) is 5.69 Å². The van der Waals surface area contributed by atoms with Crippen LogP contribution in [0.15, 0.2) is 18.3 Å². The number of ether oxygens (including phenoxy) is 2. The van der Waals surface area contributed by atoms with Gasteiger partial charge in [0, 0.05) is 19.2 Å². The topological polar surface area (TPSA) is 51.7 Å². The van der Waals surface area contributed by atoms with E-state index >= 15 is 0 Å². The van der Waals surface area contributed by atoms with E-state index in [1.165, 1.54) is 12.3 Å². The number of aromatic nitrogens is 1. The van der Waals surface area contributed by atoms with Crippen molar-refractivity contribution in [1.82, 2.24) is 4.98 Å². The molecule has 0 amide bonds. The standard InChI is InChI=1S/C14H18F2N2O3/c1-2-20-13(19)10-5-7-18(8-6-10)11-3-4-12(17-9-11)21-14(15)16/h3-4,9-10,14H,2,5-8H2,1H3. The number of piperidine rings is 1. The first kappa shape index (κ1) is 15.5. The number of rotatable bonds is 5. The highest BCUT2D eigenvalue weighted by Crippen LogP contribution is 2.24. The van der Waals surface area contributed by atoms with Crippen LogP contribution < -0.4 is 9.64 Å². The molecule has 2 rings (SSSR count). The van der Waals surface area contributed by atoms with Crippen LogP contribution in [-0.2, 0) is 9.53 Å². The molecular formula is C14H18F2N2O3. The van der Waals surface area contributed by atoms with Crippen LogP contribution in [0.4, 0.5) is 14.5 Å².